The number of fused-ring (bicyclic) bond motifs is 1. The van der Waals surface area contributed by atoms with Crippen LogP contribution in [0.3, 0.4) is 0 Å². The molecule has 0 aliphatic carbocycles. The molecule has 0 bridgehead atoms. The van der Waals surface area contributed by atoms with E-state index in [1.807, 2.05) is 24.3 Å². The van der Waals surface area contributed by atoms with Crippen molar-refractivity contribution in [2.24, 2.45) is 0 Å². The number of carbonyl (C=O) groups excluding carboxylic acids is 2. The first-order chi connectivity index (χ1) is 9.17. The summed E-state index contributed by atoms with van der Waals surface area (Å²) < 4.78 is 5.01. The molecule has 1 aliphatic rings. The maximum absolute atomic E-state index is 11.9. The number of hydrogen-bond acceptors (Lipinski definition) is 3. The summed E-state index contributed by atoms with van der Waals surface area (Å²) in [6.45, 7) is 2.43. The van der Waals surface area contributed by atoms with Gasteiger partial charge < -0.3 is 4.74 Å². The number of Topliss-reactive ketones (excluding diaryl/α,β-unsaturated/α-hetero) is 1. The van der Waals surface area contributed by atoms with Gasteiger partial charge in [-0.25, -0.2) is 4.79 Å². The van der Waals surface area contributed by atoms with Gasteiger partial charge in [0.15, 0.2) is 5.78 Å². The average molecular weight is 282 g/mol. The Balaban J connectivity index is 2.29. The van der Waals surface area contributed by atoms with Crippen molar-refractivity contribution in [2.45, 2.75) is 25.9 Å². The van der Waals surface area contributed by atoms with Gasteiger partial charge in [0.25, 0.3) is 0 Å². The maximum Gasteiger partial charge on any atom is 0.410 e. The summed E-state index contributed by atoms with van der Waals surface area (Å²) in [6, 6.07) is 7.27. The SMILES string of the molecule is CCOC(=O)N1Cc2ccccc2CC1C(=O)CCl. The lowest BCUT2D eigenvalue weighted by atomic mass is 9.92. The zero-order chi connectivity index (χ0) is 13.8. The zero-order valence-electron chi connectivity index (χ0n) is 10.8. The third-order valence-corrected chi connectivity index (χ3v) is 3.52. The van der Waals surface area contributed by atoms with Crippen molar-refractivity contribution in [3.63, 3.8) is 0 Å². The van der Waals surface area contributed by atoms with E-state index in [2.05, 4.69) is 0 Å². The summed E-state index contributed by atoms with van der Waals surface area (Å²) in [7, 11) is 0. The van der Waals surface area contributed by atoms with Gasteiger partial charge in [-0.1, -0.05) is 24.3 Å². The number of ether oxygens (including phenoxy) is 1. The van der Waals surface area contributed by atoms with Crippen LogP contribution in [0.25, 0.3) is 0 Å². The molecule has 1 atom stereocenters. The molecule has 2 rings (SSSR count). The van der Waals surface area contributed by atoms with E-state index < -0.39 is 12.1 Å². The molecule has 1 aromatic carbocycles. The van der Waals surface area contributed by atoms with Crippen LogP contribution in [0.1, 0.15) is 18.1 Å². The normalized spacial score (nSPS) is 17.8. The highest BCUT2D eigenvalue weighted by Gasteiger charge is 2.34. The van der Waals surface area contributed by atoms with Crippen molar-refractivity contribution in [3.05, 3.63) is 35.4 Å². The quantitative estimate of drug-likeness (QED) is 0.799. The first kappa shape index (κ1) is 13.9. The zero-order valence-corrected chi connectivity index (χ0v) is 11.5. The number of rotatable bonds is 3. The van der Waals surface area contributed by atoms with Crippen LogP contribution in [-0.2, 0) is 22.5 Å². The van der Waals surface area contributed by atoms with Crippen LogP contribution in [0.15, 0.2) is 24.3 Å². The Morgan fingerprint density at radius 1 is 1.37 bits per heavy atom. The molecular weight excluding hydrogens is 266 g/mol. The van der Waals surface area contributed by atoms with Crippen LogP contribution in [0.5, 0.6) is 0 Å². The fourth-order valence-electron chi connectivity index (χ4n) is 2.30. The van der Waals surface area contributed by atoms with E-state index in [-0.39, 0.29) is 11.7 Å². The second-order valence-corrected chi connectivity index (χ2v) is 4.68. The highest BCUT2D eigenvalue weighted by Crippen LogP contribution is 2.24. The van der Waals surface area contributed by atoms with E-state index in [0.29, 0.717) is 19.6 Å². The monoisotopic (exact) mass is 281 g/mol. The molecular formula is C14H16ClNO3. The molecule has 0 saturated heterocycles. The molecule has 0 spiro atoms. The van der Waals surface area contributed by atoms with Crippen molar-refractivity contribution in [1.29, 1.82) is 0 Å². The Morgan fingerprint density at radius 2 is 2.05 bits per heavy atom. The van der Waals surface area contributed by atoms with E-state index in [1.165, 1.54) is 4.90 Å². The lowest BCUT2D eigenvalue weighted by Gasteiger charge is -2.34. The molecule has 1 unspecified atom stereocenters. The van der Waals surface area contributed by atoms with Gasteiger partial charge in [-0.05, 0) is 18.1 Å². The lowest BCUT2D eigenvalue weighted by Crippen LogP contribution is -2.49. The smallest absolute Gasteiger partial charge is 0.410 e. The van der Waals surface area contributed by atoms with Gasteiger partial charge in [0, 0.05) is 6.42 Å². The molecule has 0 fully saturated rings. The van der Waals surface area contributed by atoms with Gasteiger partial charge in [0.1, 0.15) is 0 Å². The predicted molar refractivity (Wildman–Crippen MR) is 72.2 cm³/mol. The Morgan fingerprint density at radius 3 is 2.68 bits per heavy atom. The lowest BCUT2D eigenvalue weighted by molar-refractivity contribution is -0.121. The fraction of sp³-hybridized carbons (Fsp3) is 0.429. The highest BCUT2D eigenvalue weighted by atomic mass is 35.5. The molecule has 1 aromatic rings. The van der Waals surface area contributed by atoms with Gasteiger partial charge in [-0.2, -0.15) is 0 Å². The summed E-state index contributed by atoms with van der Waals surface area (Å²) in [4.78, 5) is 25.3. The number of carbonyl (C=O) groups is 2. The molecule has 0 N–H and O–H groups in total. The molecule has 5 heteroatoms. The Kier molecular flexibility index (Phi) is 4.43. The van der Waals surface area contributed by atoms with Crippen LogP contribution in [0.4, 0.5) is 4.79 Å². The summed E-state index contributed by atoms with van der Waals surface area (Å²) in [5.74, 6) is -0.243. The number of amides is 1. The Bertz CT molecular complexity index is 489. The Labute approximate surface area is 117 Å². The first-order valence-electron chi connectivity index (χ1n) is 6.26. The molecule has 1 heterocycles. The molecule has 0 aromatic heterocycles. The molecule has 19 heavy (non-hydrogen) atoms. The molecule has 102 valence electrons. The third kappa shape index (κ3) is 2.89. The maximum atomic E-state index is 11.9. The predicted octanol–water partition coefficient (Wildman–Crippen LogP) is 2.38. The summed E-state index contributed by atoms with van der Waals surface area (Å²) in [5.41, 5.74) is 2.14. The van der Waals surface area contributed by atoms with Crippen molar-refractivity contribution in [2.75, 3.05) is 12.5 Å². The van der Waals surface area contributed by atoms with Crippen LogP contribution < -0.4 is 0 Å². The van der Waals surface area contributed by atoms with Crippen molar-refractivity contribution >= 4 is 23.5 Å². The number of hydrogen-bond donors (Lipinski definition) is 0. The number of benzene rings is 1. The minimum absolute atomic E-state index is 0.0945. The minimum Gasteiger partial charge on any atom is -0.450 e. The number of nitrogens with zero attached hydrogens (tertiary/aromatic N) is 1. The molecule has 1 aliphatic heterocycles. The van der Waals surface area contributed by atoms with E-state index in [4.69, 9.17) is 16.3 Å². The van der Waals surface area contributed by atoms with Gasteiger partial charge in [-0.3, -0.25) is 9.69 Å². The topological polar surface area (TPSA) is 46.6 Å². The third-order valence-electron chi connectivity index (χ3n) is 3.25. The van der Waals surface area contributed by atoms with Crippen LogP contribution in [-0.4, -0.2) is 35.3 Å². The van der Waals surface area contributed by atoms with Gasteiger partial charge in [-0.15, -0.1) is 11.6 Å². The first-order valence-corrected chi connectivity index (χ1v) is 6.79. The summed E-state index contributed by atoms with van der Waals surface area (Å²) in [5, 5.41) is 0. The minimum atomic E-state index is -0.522. The molecule has 4 nitrogen and oxygen atoms in total. The van der Waals surface area contributed by atoms with Gasteiger partial charge >= 0.3 is 6.09 Å². The van der Waals surface area contributed by atoms with Gasteiger partial charge in [0.05, 0.1) is 25.1 Å². The van der Waals surface area contributed by atoms with E-state index in [0.717, 1.165) is 11.1 Å². The van der Waals surface area contributed by atoms with Crippen molar-refractivity contribution < 1.29 is 14.3 Å². The number of alkyl halides is 1. The van der Waals surface area contributed by atoms with E-state index in [1.54, 1.807) is 6.92 Å². The number of ketones is 1. The second kappa shape index (κ2) is 6.06. The standard InChI is InChI=1S/C14H16ClNO3/c1-2-19-14(18)16-9-11-6-4-3-5-10(11)7-12(16)13(17)8-15/h3-6,12H,2,7-9H2,1H3. The van der Waals surface area contributed by atoms with Crippen LogP contribution in [0.2, 0.25) is 0 Å². The number of halogens is 1. The summed E-state index contributed by atoms with van der Waals surface area (Å²) >= 11 is 5.63. The molecule has 0 radical (unpaired) electrons. The van der Waals surface area contributed by atoms with Crippen LogP contribution in [0, 0.1) is 0 Å². The van der Waals surface area contributed by atoms with E-state index in [9.17, 15) is 9.59 Å². The average Bonchev–Trinajstić information content (AvgIpc) is 2.45. The largest absolute Gasteiger partial charge is 0.450 e. The Hall–Kier alpha value is -1.55. The molecule has 1 amide bonds. The second-order valence-electron chi connectivity index (χ2n) is 4.42. The van der Waals surface area contributed by atoms with E-state index >= 15 is 0 Å². The summed E-state index contributed by atoms with van der Waals surface area (Å²) in [6.07, 6.45) is 0.0426. The highest BCUT2D eigenvalue weighted by molar-refractivity contribution is 6.28. The molecule has 0 saturated carbocycles. The fourth-order valence-corrected chi connectivity index (χ4v) is 2.48. The van der Waals surface area contributed by atoms with Crippen LogP contribution >= 0.6 is 11.6 Å². The van der Waals surface area contributed by atoms with Gasteiger partial charge in [0.2, 0.25) is 0 Å². The van der Waals surface area contributed by atoms with Crippen molar-refractivity contribution in [3.8, 4) is 0 Å². The van der Waals surface area contributed by atoms with Crippen molar-refractivity contribution in [1.82, 2.24) is 4.90 Å².